The van der Waals surface area contributed by atoms with Crippen molar-refractivity contribution in [3.63, 3.8) is 0 Å². The van der Waals surface area contributed by atoms with Crippen molar-refractivity contribution in [3.05, 3.63) is 46.5 Å². The molecule has 1 aliphatic carbocycles. The molecular weight excluding hydrogens is 427 g/mol. The van der Waals surface area contributed by atoms with Crippen LogP contribution in [0.1, 0.15) is 51.5 Å². The highest BCUT2D eigenvalue weighted by atomic mass is 35.5. The quantitative estimate of drug-likeness (QED) is 0.574. The second-order valence-corrected chi connectivity index (χ2v) is 8.66. The number of amides is 1. The van der Waals surface area contributed by atoms with Gasteiger partial charge in [0.15, 0.2) is 5.16 Å². The molecule has 1 aromatic carbocycles. The number of nitrogens with one attached hydrogen (secondary N) is 1. The SMILES string of the molecule is CCCNC(=O)Sc1ncnn1CC1(O)CCC/C1=C(/CC)c1cccc(Cl)c1F. The average molecular weight is 453 g/mol. The summed E-state index contributed by atoms with van der Waals surface area (Å²) >= 11 is 6.94. The van der Waals surface area contributed by atoms with E-state index in [-0.39, 0.29) is 16.8 Å². The van der Waals surface area contributed by atoms with Crippen molar-refractivity contribution < 1.29 is 14.3 Å². The van der Waals surface area contributed by atoms with Crippen LogP contribution in [0.4, 0.5) is 9.18 Å². The molecule has 1 amide bonds. The molecule has 0 spiro atoms. The van der Waals surface area contributed by atoms with Crippen LogP contribution in [0.15, 0.2) is 35.3 Å². The molecule has 1 unspecified atom stereocenters. The molecule has 6 nitrogen and oxygen atoms in total. The molecular formula is C21H26ClFN4O2S. The number of hydrogen-bond donors (Lipinski definition) is 2. The van der Waals surface area contributed by atoms with E-state index in [1.165, 1.54) is 12.4 Å². The van der Waals surface area contributed by atoms with Crippen LogP contribution in [0.25, 0.3) is 5.57 Å². The van der Waals surface area contributed by atoms with E-state index in [9.17, 15) is 14.3 Å². The van der Waals surface area contributed by atoms with E-state index in [0.29, 0.717) is 36.5 Å². The van der Waals surface area contributed by atoms with Crippen LogP contribution in [0, 0.1) is 5.82 Å². The summed E-state index contributed by atoms with van der Waals surface area (Å²) in [6.07, 6.45) is 4.75. The van der Waals surface area contributed by atoms with Crippen LogP contribution in [0.2, 0.25) is 5.02 Å². The van der Waals surface area contributed by atoms with Crippen molar-refractivity contribution in [1.82, 2.24) is 20.1 Å². The first-order chi connectivity index (χ1) is 14.4. The smallest absolute Gasteiger partial charge is 0.286 e. The zero-order valence-corrected chi connectivity index (χ0v) is 18.7. The number of carbonyl (C=O) groups is 1. The molecule has 0 radical (unpaired) electrons. The largest absolute Gasteiger partial charge is 0.384 e. The summed E-state index contributed by atoms with van der Waals surface area (Å²) in [5.74, 6) is -0.470. The molecule has 1 saturated carbocycles. The third kappa shape index (κ3) is 4.87. The van der Waals surface area contributed by atoms with E-state index in [2.05, 4.69) is 15.4 Å². The van der Waals surface area contributed by atoms with Crippen molar-refractivity contribution in [2.75, 3.05) is 6.54 Å². The maximum absolute atomic E-state index is 14.7. The van der Waals surface area contributed by atoms with Crippen LogP contribution in [-0.4, -0.2) is 37.3 Å². The molecule has 162 valence electrons. The third-order valence-electron chi connectivity index (χ3n) is 5.27. The van der Waals surface area contributed by atoms with Crippen molar-refractivity contribution >= 4 is 34.2 Å². The van der Waals surface area contributed by atoms with Gasteiger partial charge in [-0.25, -0.2) is 14.1 Å². The molecule has 1 aromatic heterocycles. The van der Waals surface area contributed by atoms with Gasteiger partial charge in [-0.1, -0.05) is 37.6 Å². The molecule has 0 aliphatic heterocycles. The van der Waals surface area contributed by atoms with E-state index in [4.69, 9.17) is 11.6 Å². The Morgan fingerprint density at radius 1 is 1.43 bits per heavy atom. The van der Waals surface area contributed by atoms with Gasteiger partial charge in [0.05, 0.1) is 11.6 Å². The molecule has 0 saturated heterocycles. The molecule has 1 atom stereocenters. The molecule has 1 aliphatic rings. The lowest BCUT2D eigenvalue weighted by Crippen LogP contribution is -2.34. The fourth-order valence-corrected chi connectivity index (χ4v) is 4.72. The minimum atomic E-state index is -1.19. The summed E-state index contributed by atoms with van der Waals surface area (Å²) in [5, 5.41) is 18.8. The van der Waals surface area contributed by atoms with Crippen LogP contribution < -0.4 is 5.32 Å². The Morgan fingerprint density at radius 3 is 2.97 bits per heavy atom. The van der Waals surface area contributed by atoms with E-state index >= 15 is 0 Å². The fraction of sp³-hybridized carbons (Fsp3) is 0.476. The number of nitrogens with zero attached hydrogens (tertiary/aromatic N) is 3. The zero-order valence-electron chi connectivity index (χ0n) is 17.1. The predicted octanol–water partition coefficient (Wildman–Crippen LogP) is 5.06. The van der Waals surface area contributed by atoms with Crippen molar-refractivity contribution in [1.29, 1.82) is 0 Å². The molecule has 2 N–H and O–H groups in total. The van der Waals surface area contributed by atoms with Gasteiger partial charge in [-0.05, 0) is 49.3 Å². The van der Waals surface area contributed by atoms with Gasteiger partial charge >= 0.3 is 0 Å². The maximum Gasteiger partial charge on any atom is 0.286 e. The lowest BCUT2D eigenvalue weighted by molar-refractivity contribution is 0.0597. The second-order valence-electron chi connectivity index (χ2n) is 7.31. The van der Waals surface area contributed by atoms with Crippen molar-refractivity contribution in [3.8, 4) is 0 Å². The number of aliphatic hydroxyl groups is 1. The van der Waals surface area contributed by atoms with Crippen molar-refractivity contribution in [2.24, 2.45) is 0 Å². The standard InChI is InChI=1S/C21H26ClFN4O2S/c1-3-11-24-20(28)30-19-25-13-26-27(19)12-21(29)10-6-8-16(21)14(4-2)15-7-5-9-17(22)18(15)23/h5,7,9,13,29H,3-4,6,8,10-12H2,1-2H3,(H,24,28)/b16-14+. The molecule has 30 heavy (non-hydrogen) atoms. The summed E-state index contributed by atoms with van der Waals surface area (Å²) in [5.41, 5.74) is 0.800. The third-order valence-corrected chi connectivity index (χ3v) is 6.39. The number of benzene rings is 1. The summed E-state index contributed by atoms with van der Waals surface area (Å²) in [6.45, 7) is 4.65. The summed E-state index contributed by atoms with van der Waals surface area (Å²) in [7, 11) is 0. The number of allylic oxidation sites excluding steroid dienone is 1. The molecule has 9 heteroatoms. The summed E-state index contributed by atoms with van der Waals surface area (Å²) in [6, 6.07) is 4.92. The van der Waals surface area contributed by atoms with Gasteiger partial charge in [-0.3, -0.25) is 4.79 Å². The van der Waals surface area contributed by atoms with Crippen LogP contribution >= 0.6 is 23.4 Å². The molecule has 3 rings (SSSR count). The van der Waals surface area contributed by atoms with Gasteiger partial charge in [0.1, 0.15) is 17.7 Å². The van der Waals surface area contributed by atoms with Gasteiger partial charge in [-0.2, -0.15) is 5.10 Å². The Bertz CT molecular complexity index is 949. The van der Waals surface area contributed by atoms with Gasteiger partial charge in [0.25, 0.3) is 5.24 Å². The minimum Gasteiger partial charge on any atom is -0.384 e. The zero-order chi connectivity index (χ0) is 21.7. The molecule has 0 bridgehead atoms. The first kappa shape index (κ1) is 22.8. The molecule has 1 fully saturated rings. The Morgan fingerprint density at radius 2 is 2.23 bits per heavy atom. The first-order valence-corrected chi connectivity index (χ1v) is 11.3. The average Bonchev–Trinajstić information content (AvgIpc) is 3.31. The molecule has 2 aromatic rings. The van der Waals surface area contributed by atoms with Crippen LogP contribution in [0.3, 0.4) is 0 Å². The highest BCUT2D eigenvalue weighted by Gasteiger charge is 2.39. The number of carbonyl (C=O) groups excluding carboxylic acids is 1. The normalized spacial score (nSPS) is 20.4. The van der Waals surface area contributed by atoms with Gasteiger partial charge < -0.3 is 10.4 Å². The Hall–Kier alpha value is -1.90. The number of hydrogen-bond acceptors (Lipinski definition) is 5. The summed E-state index contributed by atoms with van der Waals surface area (Å²) in [4.78, 5) is 16.2. The lowest BCUT2D eigenvalue weighted by atomic mass is 9.87. The Labute approximate surface area is 184 Å². The summed E-state index contributed by atoms with van der Waals surface area (Å²) < 4.78 is 16.3. The number of halogens is 2. The number of aromatic nitrogens is 3. The van der Waals surface area contributed by atoms with Gasteiger partial charge in [0, 0.05) is 23.9 Å². The Balaban J connectivity index is 1.91. The number of rotatable bonds is 7. The monoisotopic (exact) mass is 452 g/mol. The highest BCUT2D eigenvalue weighted by Crippen LogP contribution is 2.43. The molecule has 1 heterocycles. The maximum atomic E-state index is 14.7. The van der Waals surface area contributed by atoms with E-state index in [0.717, 1.165) is 35.7 Å². The Kier molecular flexibility index (Phi) is 7.55. The first-order valence-electron chi connectivity index (χ1n) is 10.1. The fourth-order valence-electron chi connectivity index (χ4n) is 3.89. The van der Waals surface area contributed by atoms with E-state index < -0.39 is 11.4 Å². The topological polar surface area (TPSA) is 80.0 Å². The predicted molar refractivity (Wildman–Crippen MR) is 117 cm³/mol. The van der Waals surface area contributed by atoms with Crippen LogP contribution in [0.5, 0.6) is 0 Å². The lowest BCUT2D eigenvalue weighted by Gasteiger charge is -2.28. The van der Waals surface area contributed by atoms with Gasteiger partial charge in [-0.15, -0.1) is 0 Å². The minimum absolute atomic E-state index is 0.0636. The van der Waals surface area contributed by atoms with Crippen molar-refractivity contribution in [2.45, 2.75) is 63.3 Å². The van der Waals surface area contributed by atoms with Crippen LogP contribution in [-0.2, 0) is 6.54 Å². The highest BCUT2D eigenvalue weighted by molar-refractivity contribution is 8.13. The second kappa shape index (κ2) is 9.94. The van der Waals surface area contributed by atoms with Gasteiger partial charge in [0.2, 0.25) is 0 Å². The van der Waals surface area contributed by atoms with E-state index in [1.54, 1.807) is 16.8 Å². The van der Waals surface area contributed by atoms with E-state index in [1.807, 2.05) is 13.8 Å². The number of thioether (sulfide) groups is 1.